The van der Waals surface area contributed by atoms with Crippen molar-refractivity contribution in [2.24, 2.45) is 11.7 Å². The van der Waals surface area contributed by atoms with E-state index in [9.17, 15) is 9.59 Å². The molecule has 3 aliphatic rings. The van der Waals surface area contributed by atoms with E-state index >= 15 is 0 Å². The summed E-state index contributed by atoms with van der Waals surface area (Å²) in [7, 11) is 0. The molecular weight excluding hydrogens is 414 g/mol. The van der Waals surface area contributed by atoms with Gasteiger partial charge < -0.3 is 16.4 Å². The third-order valence-corrected chi connectivity index (χ3v) is 7.75. The summed E-state index contributed by atoms with van der Waals surface area (Å²) < 4.78 is 0. The average molecular weight is 442 g/mol. The second-order valence-electron chi connectivity index (χ2n) is 9.66. The molecule has 1 aromatic carbocycles. The minimum Gasteiger partial charge on any atom is -0.348 e. The van der Waals surface area contributed by atoms with E-state index in [0.29, 0.717) is 36.8 Å². The van der Waals surface area contributed by atoms with Crippen LogP contribution >= 0.6 is 0 Å². The van der Waals surface area contributed by atoms with E-state index in [1.165, 1.54) is 6.42 Å². The van der Waals surface area contributed by atoms with Crippen LogP contribution in [-0.4, -0.2) is 34.4 Å². The number of carbonyl (C=O) groups excluding carboxylic acids is 2. The van der Waals surface area contributed by atoms with Gasteiger partial charge in [0.1, 0.15) is 11.5 Å². The molecule has 7 heteroatoms. The molecule has 1 fully saturated rings. The van der Waals surface area contributed by atoms with Crippen LogP contribution in [0.3, 0.4) is 0 Å². The fourth-order valence-electron chi connectivity index (χ4n) is 5.94. The molecule has 4 N–H and O–H groups in total. The Morgan fingerprint density at radius 2 is 1.97 bits per heavy atom. The molecule has 168 valence electrons. The molecule has 7 nitrogen and oxygen atoms in total. The van der Waals surface area contributed by atoms with Crippen LogP contribution in [0.15, 0.2) is 42.6 Å². The predicted molar refractivity (Wildman–Crippen MR) is 126 cm³/mol. The lowest BCUT2D eigenvalue weighted by Gasteiger charge is -2.31. The van der Waals surface area contributed by atoms with Crippen molar-refractivity contribution in [2.75, 3.05) is 11.9 Å². The molecule has 2 amide bonds. The normalized spacial score (nSPS) is 25.7. The first-order chi connectivity index (χ1) is 16.1. The Labute approximate surface area is 192 Å². The number of nitrogens with zero attached hydrogens (tertiary/aromatic N) is 2. The zero-order chi connectivity index (χ0) is 22.6. The lowest BCUT2D eigenvalue weighted by molar-refractivity contribution is -0.120. The van der Waals surface area contributed by atoms with Crippen LogP contribution in [0, 0.1) is 5.92 Å². The number of nitrogens with one attached hydrogen (secondary N) is 2. The quantitative estimate of drug-likeness (QED) is 0.579. The van der Waals surface area contributed by atoms with Gasteiger partial charge in [-0.3, -0.25) is 9.59 Å². The molecular formula is C26H27N5O2. The van der Waals surface area contributed by atoms with E-state index in [2.05, 4.69) is 21.7 Å². The summed E-state index contributed by atoms with van der Waals surface area (Å²) in [6.07, 6.45) is 7.28. The van der Waals surface area contributed by atoms with E-state index in [4.69, 9.17) is 10.7 Å². The fourth-order valence-corrected chi connectivity index (χ4v) is 5.94. The SMILES string of the molecule is NCC1CCCCC1NC(=O)c1ccc2cc3c(cc2n1)CC1(C3)C(=O)Nc2ncccc21. The smallest absolute Gasteiger partial charge is 0.270 e. The summed E-state index contributed by atoms with van der Waals surface area (Å²) in [4.78, 5) is 35.0. The fraction of sp³-hybridized carbons (Fsp3) is 0.385. The highest BCUT2D eigenvalue weighted by Crippen LogP contribution is 2.47. The van der Waals surface area contributed by atoms with Gasteiger partial charge in [0.05, 0.1) is 10.9 Å². The van der Waals surface area contributed by atoms with E-state index in [1.807, 2.05) is 24.3 Å². The maximum absolute atomic E-state index is 13.0. The Morgan fingerprint density at radius 3 is 2.82 bits per heavy atom. The summed E-state index contributed by atoms with van der Waals surface area (Å²) in [5.74, 6) is 0.855. The van der Waals surface area contributed by atoms with Crippen molar-refractivity contribution in [1.29, 1.82) is 0 Å². The van der Waals surface area contributed by atoms with Crippen molar-refractivity contribution in [3.8, 4) is 0 Å². The molecule has 0 bridgehead atoms. The van der Waals surface area contributed by atoms with E-state index < -0.39 is 5.41 Å². The standard InChI is InChI=1S/C26H27N5O2/c27-14-16-4-1-2-6-20(16)30-24(32)21-8-7-15-10-17-12-26(13-18(17)11-22(15)29-21)19-5-3-9-28-23(19)31-25(26)33/h3,5,7-11,16,20H,1-2,4,6,12-14,27H2,(H,30,32)(H,28,31,33). The second-order valence-corrected chi connectivity index (χ2v) is 9.66. The van der Waals surface area contributed by atoms with Crippen LogP contribution < -0.4 is 16.4 Å². The number of pyridine rings is 2. The Bertz CT molecular complexity index is 1290. The first-order valence-corrected chi connectivity index (χ1v) is 11.8. The van der Waals surface area contributed by atoms with Crippen molar-refractivity contribution in [3.05, 3.63) is 65.0 Å². The number of amides is 2. The predicted octanol–water partition coefficient (Wildman–Crippen LogP) is 2.87. The molecule has 3 aromatic rings. The molecule has 3 atom stereocenters. The minimum atomic E-state index is -0.609. The number of benzene rings is 1. The number of aromatic nitrogens is 2. The highest BCUT2D eigenvalue weighted by Gasteiger charge is 2.51. The van der Waals surface area contributed by atoms with Gasteiger partial charge in [0.15, 0.2) is 0 Å². The monoisotopic (exact) mass is 441 g/mol. The van der Waals surface area contributed by atoms with Gasteiger partial charge >= 0.3 is 0 Å². The minimum absolute atomic E-state index is 0.00595. The van der Waals surface area contributed by atoms with Gasteiger partial charge in [0, 0.05) is 23.2 Å². The van der Waals surface area contributed by atoms with Crippen LogP contribution in [0.5, 0.6) is 0 Å². The largest absolute Gasteiger partial charge is 0.348 e. The number of hydrogen-bond acceptors (Lipinski definition) is 5. The van der Waals surface area contributed by atoms with Crippen LogP contribution in [0.1, 0.15) is 52.9 Å². The molecule has 6 rings (SSSR count). The van der Waals surface area contributed by atoms with Gasteiger partial charge in [-0.2, -0.15) is 0 Å². The molecule has 3 unspecified atom stereocenters. The van der Waals surface area contributed by atoms with Crippen LogP contribution in [-0.2, 0) is 23.1 Å². The second kappa shape index (κ2) is 7.63. The van der Waals surface area contributed by atoms with Crippen molar-refractivity contribution in [1.82, 2.24) is 15.3 Å². The van der Waals surface area contributed by atoms with Crippen molar-refractivity contribution in [3.63, 3.8) is 0 Å². The highest BCUT2D eigenvalue weighted by molar-refractivity contribution is 6.06. The van der Waals surface area contributed by atoms with Gasteiger partial charge in [-0.15, -0.1) is 0 Å². The van der Waals surface area contributed by atoms with E-state index in [1.54, 1.807) is 12.3 Å². The van der Waals surface area contributed by atoms with Gasteiger partial charge in [-0.1, -0.05) is 25.0 Å². The maximum Gasteiger partial charge on any atom is 0.270 e. The lowest BCUT2D eigenvalue weighted by atomic mass is 9.79. The first-order valence-electron chi connectivity index (χ1n) is 11.8. The van der Waals surface area contributed by atoms with E-state index in [-0.39, 0.29) is 17.9 Å². The third kappa shape index (κ3) is 3.22. The van der Waals surface area contributed by atoms with Crippen molar-refractivity contribution in [2.45, 2.75) is 50.0 Å². The number of anilines is 1. The molecule has 3 heterocycles. The maximum atomic E-state index is 13.0. The number of nitrogens with two attached hydrogens (primary N) is 1. The number of carbonyl (C=O) groups is 2. The zero-order valence-corrected chi connectivity index (χ0v) is 18.4. The summed E-state index contributed by atoms with van der Waals surface area (Å²) in [5, 5.41) is 7.09. The van der Waals surface area contributed by atoms with Crippen LogP contribution in [0.2, 0.25) is 0 Å². The topological polar surface area (TPSA) is 110 Å². The van der Waals surface area contributed by atoms with Crippen molar-refractivity contribution >= 4 is 28.5 Å². The Kier molecular flexibility index (Phi) is 4.69. The number of fused-ring (bicyclic) bond motifs is 4. The average Bonchev–Trinajstić information content (AvgIpc) is 3.34. The Morgan fingerprint density at radius 1 is 1.15 bits per heavy atom. The van der Waals surface area contributed by atoms with Gasteiger partial charge in [-0.25, -0.2) is 9.97 Å². The Balaban J connectivity index is 1.29. The Hall–Kier alpha value is -3.32. The molecule has 1 aliphatic heterocycles. The van der Waals surface area contributed by atoms with Crippen molar-refractivity contribution < 1.29 is 9.59 Å². The first kappa shape index (κ1) is 20.3. The van der Waals surface area contributed by atoms with Gasteiger partial charge in [0.2, 0.25) is 5.91 Å². The van der Waals surface area contributed by atoms with Gasteiger partial charge in [0.25, 0.3) is 5.91 Å². The molecule has 2 aliphatic carbocycles. The molecule has 0 saturated heterocycles. The van der Waals surface area contributed by atoms with Crippen LogP contribution in [0.4, 0.5) is 5.82 Å². The van der Waals surface area contributed by atoms with E-state index in [0.717, 1.165) is 46.9 Å². The molecule has 33 heavy (non-hydrogen) atoms. The summed E-state index contributed by atoms with van der Waals surface area (Å²) in [5.41, 5.74) is 9.74. The highest BCUT2D eigenvalue weighted by atomic mass is 16.2. The molecule has 1 saturated carbocycles. The van der Waals surface area contributed by atoms with Crippen LogP contribution in [0.25, 0.3) is 10.9 Å². The molecule has 0 radical (unpaired) electrons. The third-order valence-electron chi connectivity index (χ3n) is 7.75. The van der Waals surface area contributed by atoms with Gasteiger partial charge in [-0.05, 0) is 73.5 Å². The summed E-state index contributed by atoms with van der Waals surface area (Å²) in [6.45, 7) is 0.593. The molecule has 2 aromatic heterocycles. The number of hydrogen-bond donors (Lipinski definition) is 3. The zero-order valence-electron chi connectivity index (χ0n) is 18.4. The summed E-state index contributed by atoms with van der Waals surface area (Å²) in [6, 6.07) is 11.9. The molecule has 1 spiro atoms. The lowest BCUT2D eigenvalue weighted by Crippen LogP contribution is -2.44. The summed E-state index contributed by atoms with van der Waals surface area (Å²) >= 11 is 0. The number of rotatable bonds is 3.